The van der Waals surface area contributed by atoms with Gasteiger partial charge in [-0.05, 0) is 31.9 Å². The van der Waals surface area contributed by atoms with Crippen LogP contribution in [0.2, 0.25) is 0 Å². The fraction of sp³-hybridized carbons (Fsp3) is 0.286. The summed E-state index contributed by atoms with van der Waals surface area (Å²) in [6, 6.07) is 4.06. The molecule has 1 aromatic carbocycles. The average Bonchev–Trinajstić information content (AvgIpc) is 2.30. The van der Waals surface area contributed by atoms with Gasteiger partial charge < -0.3 is 5.32 Å². The fourth-order valence-corrected chi connectivity index (χ4v) is 2.22. The predicted molar refractivity (Wildman–Crippen MR) is 71.2 cm³/mol. The molecular formula is C14H16FN3. The third kappa shape index (κ3) is 2.18. The van der Waals surface area contributed by atoms with Crippen molar-refractivity contribution in [3.63, 3.8) is 0 Å². The molecule has 0 saturated heterocycles. The number of nitrogens with zero attached hydrogens (tertiary/aromatic N) is 2. The molecule has 0 atom stereocenters. The van der Waals surface area contributed by atoms with E-state index in [1.165, 1.54) is 6.20 Å². The van der Waals surface area contributed by atoms with Crippen molar-refractivity contribution in [2.45, 2.75) is 20.8 Å². The van der Waals surface area contributed by atoms with Crippen LogP contribution in [0.5, 0.6) is 0 Å². The van der Waals surface area contributed by atoms with Crippen LogP contribution in [0, 0.1) is 26.6 Å². The molecule has 1 heterocycles. The van der Waals surface area contributed by atoms with Crippen molar-refractivity contribution in [1.82, 2.24) is 9.97 Å². The zero-order valence-corrected chi connectivity index (χ0v) is 11.0. The lowest BCUT2D eigenvalue weighted by atomic mass is 9.97. The molecule has 1 N–H and O–H groups in total. The van der Waals surface area contributed by atoms with Crippen molar-refractivity contribution in [3.8, 4) is 11.3 Å². The molecule has 3 nitrogen and oxygen atoms in total. The lowest BCUT2D eigenvalue weighted by molar-refractivity contribution is 0.618. The van der Waals surface area contributed by atoms with Gasteiger partial charge >= 0.3 is 0 Å². The first-order chi connectivity index (χ1) is 8.52. The van der Waals surface area contributed by atoms with Crippen LogP contribution < -0.4 is 5.32 Å². The van der Waals surface area contributed by atoms with E-state index in [0.717, 1.165) is 22.3 Å². The number of anilines is 1. The topological polar surface area (TPSA) is 37.8 Å². The second-order valence-electron chi connectivity index (χ2n) is 4.41. The Hall–Kier alpha value is -1.97. The predicted octanol–water partition coefficient (Wildman–Crippen LogP) is 3.25. The monoisotopic (exact) mass is 245 g/mol. The first kappa shape index (κ1) is 12.5. The molecule has 2 aromatic rings. The van der Waals surface area contributed by atoms with Gasteiger partial charge in [0.15, 0.2) is 5.82 Å². The Morgan fingerprint density at radius 2 is 1.72 bits per heavy atom. The molecule has 0 aliphatic carbocycles. The van der Waals surface area contributed by atoms with E-state index in [1.807, 2.05) is 32.9 Å². The molecule has 0 unspecified atom stereocenters. The van der Waals surface area contributed by atoms with E-state index >= 15 is 0 Å². The van der Waals surface area contributed by atoms with Gasteiger partial charge in [-0.1, -0.05) is 17.7 Å². The van der Waals surface area contributed by atoms with Gasteiger partial charge in [-0.25, -0.2) is 14.4 Å². The minimum absolute atomic E-state index is 0.351. The van der Waals surface area contributed by atoms with E-state index in [2.05, 4.69) is 15.3 Å². The Balaban J connectivity index is 2.68. The van der Waals surface area contributed by atoms with Crippen LogP contribution in [0.3, 0.4) is 0 Å². The lowest BCUT2D eigenvalue weighted by Gasteiger charge is -2.12. The van der Waals surface area contributed by atoms with Crippen molar-refractivity contribution in [2.75, 3.05) is 12.4 Å². The maximum absolute atomic E-state index is 13.9. The third-order valence-corrected chi connectivity index (χ3v) is 2.88. The summed E-state index contributed by atoms with van der Waals surface area (Å²) in [6.07, 6.45) is 1.20. The maximum atomic E-state index is 13.9. The fourth-order valence-electron chi connectivity index (χ4n) is 2.22. The highest BCUT2D eigenvalue weighted by Gasteiger charge is 2.14. The van der Waals surface area contributed by atoms with Crippen molar-refractivity contribution >= 4 is 5.95 Å². The largest absolute Gasteiger partial charge is 0.357 e. The first-order valence-corrected chi connectivity index (χ1v) is 5.81. The Morgan fingerprint density at radius 3 is 2.28 bits per heavy atom. The molecule has 4 heteroatoms. The molecule has 0 radical (unpaired) electrons. The highest BCUT2D eigenvalue weighted by molar-refractivity contribution is 5.69. The molecule has 0 aliphatic heterocycles. The molecule has 0 amide bonds. The van der Waals surface area contributed by atoms with Gasteiger partial charge in [0.1, 0.15) is 5.69 Å². The molecule has 0 aliphatic rings. The number of halogens is 1. The Morgan fingerprint density at radius 1 is 1.11 bits per heavy atom. The number of benzene rings is 1. The van der Waals surface area contributed by atoms with Crippen LogP contribution in [0.15, 0.2) is 18.3 Å². The van der Waals surface area contributed by atoms with Crippen molar-refractivity contribution < 1.29 is 4.39 Å². The Labute approximate surface area is 106 Å². The van der Waals surface area contributed by atoms with Crippen LogP contribution in [-0.4, -0.2) is 17.0 Å². The van der Waals surface area contributed by atoms with Crippen LogP contribution in [0.4, 0.5) is 10.3 Å². The van der Waals surface area contributed by atoms with E-state index in [0.29, 0.717) is 11.6 Å². The summed E-state index contributed by atoms with van der Waals surface area (Å²) in [6.45, 7) is 5.96. The van der Waals surface area contributed by atoms with Gasteiger partial charge in [-0.3, -0.25) is 0 Å². The van der Waals surface area contributed by atoms with E-state index < -0.39 is 5.82 Å². The number of hydrogen-bond donors (Lipinski definition) is 1. The minimum atomic E-state index is -0.399. The lowest BCUT2D eigenvalue weighted by Crippen LogP contribution is -2.02. The highest BCUT2D eigenvalue weighted by Crippen LogP contribution is 2.29. The summed E-state index contributed by atoms with van der Waals surface area (Å²) in [7, 11) is 1.71. The van der Waals surface area contributed by atoms with Gasteiger partial charge in [-0.15, -0.1) is 0 Å². The maximum Gasteiger partial charge on any atom is 0.223 e. The quantitative estimate of drug-likeness (QED) is 0.882. The van der Waals surface area contributed by atoms with Gasteiger partial charge in [0, 0.05) is 12.6 Å². The number of nitrogens with one attached hydrogen (secondary N) is 1. The number of aryl methyl sites for hydroxylation is 3. The summed E-state index contributed by atoms with van der Waals surface area (Å²) >= 11 is 0. The second-order valence-corrected chi connectivity index (χ2v) is 4.41. The van der Waals surface area contributed by atoms with E-state index in [1.54, 1.807) is 7.05 Å². The average molecular weight is 245 g/mol. The summed E-state index contributed by atoms with van der Waals surface area (Å²) in [5, 5.41) is 2.83. The summed E-state index contributed by atoms with van der Waals surface area (Å²) in [5.74, 6) is 0.0230. The first-order valence-electron chi connectivity index (χ1n) is 5.81. The van der Waals surface area contributed by atoms with Crippen molar-refractivity contribution in [3.05, 3.63) is 40.8 Å². The molecular weight excluding hydrogens is 229 g/mol. The molecule has 1 aromatic heterocycles. The van der Waals surface area contributed by atoms with Gasteiger partial charge in [0.05, 0.1) is 6.20 Å². The Bertz CT molecular complexity index is 571. The SMILES string of the molecule is CNc1ncc(F)c(-c2c(C)cc(C)cc2C)n1. The molecule has 18 heavy (non-hydrogen) atoms. The van der Waals surface area contributed by atoms with E-state index in [9.17, 15) is 4.39 Å². The third-order valence-electron chi connectivity index (χ3n) is 2.88. The van der Waals surface area contributed by atoms with Gasteiger partial charge in [0.25, 0.3) is 0 Å². The van der Waals surface area contributed by atoms with Crippen LogP contribution >= 0.6 is 0 Å². The Kier molecular flexibility index (Phi) is 3.28. The summed E-state index contributed by atoms with van der Waals surface area (Å²) < 4.78 is 13.9. The van der Waals surface area contributed by atoms with Crippen LogP contribution in [-0.2, 0) is 0 Å². The van der Waals surface area contributed by atoms with Crippen LogP contribution in [0.1, 0.15) is 16.7 Å². The number of aromatic nitrogens is 2. The summed E-state index contributed by atoms with van der Waals surface area (Å²) in [4.78, 5) is 8.08. The molecule has 94 valence electrons. The zero-order valence-electron chi connectivity index (χ0n) is 11.0. The van der Waals surface area contributed by atoms with Gasteiger partial charge in [-0.2, -0.15) is 0 Å². The molecule has 2 rings (SSSR count). The number of rotatable bonds is 2. The second kappa shape index (κ2) is 4.72. The zero-order chi connectivity index (χ0) is 13.3. The number of hydrogen-bond acceptors (Lipinski definition) is 3. The molecule has 0 spiro atoms. The van der Waals surface area contributed by atoms with Crippen LogP contribution in [0.25, 0.3) is 11.3 Å². The molecule has 0 fully saturated rings. The summed E-state index contributed by atoms with van der Waals surface area (Å²) in [5.41, 5.74) is 4.40. The standard InChI is InChI=1S/C14H16FN3/c1-8-5-9(2)12(10(3)6-8)13-11(15)7-17-14(16-4)18-13/h5-7H,1-4H3,(H,16,17,18). The van der Waals surface area contributed by atoms with Gasteiger partial charge in [0.2, 0.25) is 5.95 Å². The highest BCUT2D eigenvalue weighted by atomic mass is 19.1. The normalized spacial score (nSPS) is 10.5. The minimum Gasteiger partial charge on any atom is -0.357 e. The van der Waals surface area contributed by atoms with Crippen molar-refractivity contribution in [1.29, 1.82) is 0 Å². The van der Waals surface area contributed by atoms with E-state index in [-0.39, 0.29) is 0 Å². The molecule has 0 saturated carbocycles. The molecule has 0 bridgehead atoms. The van der Waals surface area contributed by atoms with Crippen molar-refractivity contribution in [2.24, 2.45) is 0 Å². The van der Waals surface area contributed by atoms with E-state index in [4.69, 9.17) is 0 Å². The smallest absolute Gasteiger partial charge is 0.223 e.